The molecule has 5 heteroatoms. The maximum Gasteiger partial charge on any atom is 0.230 e. The third-order valence-corrected chi connectivity index (χ3v) is 3.34. The Morgan fingerprint density at radius 1 is 1.35 bits per heavy atom. The number of aromatic nitrogens is 2. The number of ether oxygens (including phenoxy) is 1. The molecule has 0 saturated heterocycles. The predicted molar refractivity (Wildman–Crippen MR) is 63.6 cm³/mol. The molecular formula is C12H21N3O2. The summed E-state index contributed by atoms with van der Waals surface area (Å²) in [6, 6.07) is 0.419. The highest BCUT2D eigenvalue weighted by atomic mass is 16.5. The van der Waals surface area contributed by atoms with E-state index in [0.717, 1.165) is 19.3 Å². The van der Waals surface area contributed by atoms with Gasteiger partial charge in [0.25, 0.3) is 0 Å². The van der Waals surface area contributed by atoms with Gasteiger partial charge in [-0.05, 0) is 19.3 Å². The minimum atomic E-state index is -0.0463. The van der Waals surface area contributed by atoms with E-state index in [1.165, 1.54) is 6.42 Å². The normalized spacial score (nSPS) is 18.4. The van der Waals surface area contributed by atoms with Crippen molar-refractivity contribution in [2.75, 3.05) is 7.11 Å². The van der Waals surface area contributed by atoms with Gasteiger partial charge >= 0.3 is 0 Å². The zero-order valence-electron chi connectivity index (χ0n) is 10.8. The Balaban J connectivity index is 1.89. The van der Waals surface area contributed by atoms with Crippen molar-refractivity contribution in [1.29, 1.82) is 0 Å². The zero-order chi connectivity index (χ0) is 12.3. The van der Waals surface area contributed by atoms with Crippen LogP contribution in [0.2, 0.25) is 0 Å². The van der Waals surface area contributed by atoms with Gasteiger partial charge in [0.1, 0.15) is 0 Å². The van der Waals surface area contributed by atoms with Gasteiger partial charge in [-0.2, -0.15) is 0 Å². The summed E-state index contributed by atoms with van der Waals surface area (Å²) in [6.07, 6.45) is 4.14. The summed E-state index contributed by atoms with van der Waals surface area (Å²) >= 11 is 0. The molecule has 1 aromatic heterocycles. The van der Waals surface area contributed by atoms with Gasteiger partial charge in [-0.3, -0.25) is 0 Å². The molecule has 0 unspecified atom stereocenters. The standard InChI is InChI=1S/C12H21N3O2/c1-9(2)13-8-11-15-14-10(17-11)7-12(16-3)5-4-6-12/h9,13H,4-8H2,1-3H3. The van der Waals surface area contributed by atoms with Gasteiger partial charge in [-0.1, -0.05) is 13.8 Å². The van der Waals surface area contributed by atoms with E-state index in [0.29, 0.717) is 24.4 Å². The quantitative estimate of drug-likeness (QED) is 0.818. The first-order valence-electron chi connectivity index (χ1n) is 6.23. The van der Waals surface area contributed by atoms with Gasteiger partial charge in [-0.25, -0.2) is 0 Å². The van der Waals surface area contributed by atoms with E-state index in [2.05, 4.69) is 29.4 Å². The third kappa shape index (κ3) is 3.04. The van der Waals surface area contributed by atoms with Crippen molar-refractivity contribution < 1.29 is 9.15 Å². The molecule has 1 aliphatic carbocycles. The van der Waals surface area contributed by atoms with Crippen molar-refractivity contribution in [2.24, 2.45) is 0 Å². The molecule has 1 saturated carbocycles. The highest BCUT2D eigenvalue weighted by Gasteiger charge is 2.38. The SMILES string of the molecule is COC1(Cc2nnc(CNC(C)C)o2)CCC1. The zero-order valence-corrected chi connectivity index (χ0v) is 10.8. The Bertz CT molecular complexity index is 353. The first-order chi connectivity index (χ1) is 8.13. The van der Waals surface area contributed by atoms with E-state index in [-0.39, 0.29) is 5.60 Å². The molecule has 0 aliphatic heterocycles. The summed E-state index contributed by atoms with van der Waals surface area (Å²) in [5.41, 5.74) is -0.0463. The smallest absolute Gasteiger partial charge is 0.230 e. The highest BCUT2D eigenvalue weighted by Crippen LogP contribution is 2.37. The molecule has 0 spiro atoms. The topological polar surface area (TPSA) is 60.2 Å². The lowest BCUT2D eigenvalue weighted by molar-refractivity contribution is -0.0747. The minimum absolute atomic E-state index is 0.0463. The van der Waals surface area contributed by atoms with E-state index in [1.807, 2.05) is 0 Å². The van der Waals surface area contributed by atoms with Crippen LogP contribution in [-0.4, -0.2) is 29.0 Å². The number of rotatable bonds is 6. The minimum Gasteiger partial charge on any atom is -0.424 e. The highest BCUT2D eigenvalue weighted by molar-refractivity contribution is 4.97. The summed E-state index contributed by atoms with van der Waals surface area (Å²) in [6.45, 7) is 4.81. The summed E-state index contributed by atoms with van der Waals surface area (Å²) in [5.74, 6) is 1.34. The molecule has 17 heavy (non-hydrogen) atoms. The number of methoxy groups -OCH3 is 1. The Kier molecular flexibility index (Phi) is 3.79. The maximum absolute atomic E-state index is 5.60. The molecule has 0 bridgehead atoms. The van der Waals surface area contributed by atoms with Gasteiger partial charge in [0.2, 0.25) is 11.8 Å². The molecule has 0 atom stereocenters. The van der Waals surface area contributed by atoms with E-state index >= 15 is 0 Å². The Hall–Kier alpha value is -0.940. The summed E-state index contributed by atoms with van der Waals surface area (Å²) in [7, 11) is 1.76. The van der Waals surface area contributed by atoms with Crippen LogP contribution in [0.15, 0.2) is 4.42 Å². The lowest BCUT2D eigenvalue weighted by atomic mass is 9.77. The molecule has 5 nitrogen and oxygen atoms in total. The molecular weight excluding hydrogens is 218 g/mol. The molecule has 1 aromatic rings. The maximum atomic E-state index is 5.60. The predicted octanol–water partition coefficient (Wildman–Crippen LogP) is 1.68. The second-order valence-electron chi connectivity index (χ2n) is 5.04. The van der Waals surface area contributed by atoms with Crippen LogP contribution in [0, 0.1) is 0 Å². The summed E-state index contributed by atoms with van der Waals surface area (Å²) in [5, 5.41) is 11.4. The summed E-state index contributed by atoms with van der Waals surface area (Å²) in [4.78, 5) is 0. The first kappa shape index (κ1) is 12.5. The van der Waals surface area contributed by atoms with Crippen molar-refractivity contribution in [1.82, 2.24) is 15.5 Å². The van der Waals surface area contributed by atoms with E-state index < -0.39 is 0 Å². The average molecular weight is 239 g/mol. The Labute approximate surface area is 102 Å². The molecule has 0 aromatic carbocycles. The van der Waals surface area contributed by atoms with Crippen LogP contribution in [-0.2, 0) is 17.7 Å². The van der Waals surface area contributed by atoms with Crippen LogP contribution in [0.25, 0.3) is 0 Å². The molecule has 0 radical (unpaired) electrons. The van der Waals surface area contributed by atoms with E-state index in [1.54, 1.807) is 7.11 Å². The van der Waals surface area contributed by atoms with E-state index in [4.69, 9.17) is 9.15 Å². The molecule has 1 fully saturated rings. The molecule has 96 valence electrons. The fraction of sp³-hybridized carbons (Fsp3) is 0.833. The lowest BCUT2D eigenvalue weighted by Gasteiger charge is -2.39. The number of nitrogens with one attached hydrogen (secondary N) is 1. The summed E-state index contributed by atoms with van der Waals surface area (Å²) < 4.78 is 11.1. The van der Waals surface area contributed by atoms with Crippen molar-refractivity contribution >= 4 is 0 Å². The van der Waals surface area contributed by atoms with Crippen LogP contribution in [0.3, 0.4) is 0 Å². The Morgan fingerprint density at radius 2 is 2.06 bits per heavy atom. The number of hydrogen-bond donors (Lipinski definition) is 1. The Morgan fingerprint density at radius 3 is 2.59 bits per heavy atom. The average Bonchev–Trinajstić information content (AvgIpc) is 2.68. The van der Waals surface area contributed by atoms with Gasteiger partial charge in [0, 0.05) is 13.2 Å². The molecule has 0 amide bonds. The fourth-order valence-corrected chi connectivity index (χ4v) is 2.02. The van der Waals surface area contributed by atoms with Crippen LogP contribution in [0.4, 0.5) is 0 Å². The monoisotopic (exact) mass is 239 g/mol. The van der Waals surface area contributed by atoms with Crippen molar-refractivity contribution in [2.45, 2.75) is 57.7 Å². The van der Waals surface area contributed by atoms with Crippen LogP contribution in [0.5, 0.6) is 0 Å². The second kappa shape index (κ2) is 5.14. The van der Waals surface area contributed by atoms with Gasteiger partial charge < -0.3 is 14.5 Å². The molecule has 1 heterocycles. The third-order valence-electron chi connectivity index (χ3n) is 3.34. The molecule has 1 N–H and O–H groups in total. The van der Waals surface area contributed by atoms with Crippen LogP contribution < -0.4 is 5.32 Å². The fourth-order valence-electron chi connectivity index (χ4n) is 2.02. The molecule has 2 rings (SSSR count). The van der Waals surface area contributed by atoms with Crippen LogP contribution in [0.1, 0.15) is 44.9 Å². The largest absolute Gasteiger partial charge is 0.424 e. The van der Waals surface area contributed by atoms with Gasteiger partial charge in [-0.15, -0.1) is 10.2 Å². The van der Waals surface area contributed by atoms with Crippen molar-refractivity contribution in [3.63, 3.8) is 0 Å². The number of nitrogens with zero attached hydrogens (tertiary/aromatic N) is 2. The van der Waals surface area contributed by atoms with E-state index in [9.17, 15) is 0 Å². The van der Waals surface area contributed by atoms with Gasteiger partial charge in [0.05, 0.1) is 18.6 Å². The first-order valence-corrected chi connectivity index (χ1v) is 6.23. The van der Waals surface area contributed by atoms with Crippen LogP contribution >= 0.6 is 0 Å². The number of hydrogen-bond acceptors (Lipinski definition) is 5. The van der Waals surface area contributed by atoms with Crippen molar-refractivity contribution in [3.05, 3.63) is 11.8 Å². The van der Waals surface area contributed by atoms with Gasteiger partial charge in [0.15, 0.2) is 0 Å². The lowest BCUT2D eigenvalue weighted by Crippen LogP contribution is -2.41. The second-order valence-corrected chi connectivity index (χ2v) is 5.04. The molecule has 1 aliphatic rings. The van der Waals surface area contributed by atoms with Crippen molar-refractivity contribution in [3.8, 4) is 0 Å².